The first-order chi connectivity index (χ1) is 17.3. The summed E-state index contributed by atoms with van der Waals surface area (Å²) in [6.45, 7) is 4.66. The topological polar surface area (TPSA) is 68.5 Å². The minimum absolute atomic E-state index is 0.196. The summed E-state index contributed by atoms with van der Waals surface area (Å²) in [5.41, 5.74) is 3.19. The van der Waals surface area contributed by atoms with E-state index in [9.17, 15) is 10.1 Å². The maximum Gasteiger partial charge on any atom is 0.311 e. The molecule has 0 aliphatic rings. The number of carbonyl (C=O) groups is 1. The van der Waals surface area contributed by atoms with E-state index in [4.69, 9.17) is 25.8 Å². The number of halogens is 2. The number of nitriles is 1. The number of methoxy groups -OCH3 is 1. The Bertz CT molecular complexity index is 1280. The van der Waals surface area contributed by atoms with Gasteiger partial charge in [-0.2, -0.15) is 5.26 Å². The molecule has 0 amide bonds. The zero-order valence-corrected chi connectivity index (χ0v) is 22.7. The first-order valence-corrected chi connectivity index (χ1v) is 12.7. The van der Waals surface area contributed by atoms with E-state index in [-0.39, 0.29) is 12.4 Å². The summed E-state index contributed by atoms with van der Waals surface area (Å²) in [6.07, 6.45) is 2.44. The van der Waals surface area contributed by atoms with Crippen molar-refractivity contribution in [2.24, 2.45) is 0 Å². The van der Waals surface area contributed by atoms with Crippen LogP contribution in [0.25, 0.3) is 11.6 Å². The van der Waals surface area contributed by atoms with E-state index in [2.05, 4.69) is 41.9 Å². The van der Waals surface area contributed by atoms with Gasteiger partial charge in [0.25, 0.3) is 0 Å². The smallest absolute Gasteiger partial charge is 0.311 e. The fourth-order valence-electron chi connectivity index (χ4n) is 3.40. The second kappa shape index (κ2) is 13.2. The van der Waals surface area contributed by atoms with Gasteiger partial charge in [-0.25, -0.2) is 0 Å². The summed E-state index contributed by atoms with van der Waals surface area (Å²) in [6, 6.07) is 20.4. The van der Waals surface area contributed by atoms with Gasteiger partial charge in [-0.3, -0.25) is 4.79 Å². The molecule has 0 aliphatic heterocycles. The van der Waals surface area contributed by atoms with E-state index >= 15 is 0 Å². The molecular weight excluding hydrogens is 542 g/mol. The predicted octanol–water partition coefficient (Wildman–Crippen LogP) is 8.06. The van der Waals surface area contributed by atoms with Gasteiger partial charge in [0.15, 0.2) is 11.5 Å². The Morgan fingerprint density at radius 2 is 1.78 bits per heavy atom. The molecule has 0 unspecified atom stereocenters. The van der Waals surface area contributed by atoms with Gasteiger partial charge < -0.3 is 14.2 Å². The van der Waals surface area contributed by atoms with Crippen LogP contribution in [0.2, 0.25) is 5.02 Å². The second-order valence-electron chi connectivity index (χ2n) is 8.36. The molecule has 5 nitrogen and oxygen atoms in total. The molecule has 186 valence electrons. The number of ether oxygens (including phenoxy) is 3. The highest BCUT2D eigenvalue weighted by molar-refractivity contribution is 9.10. The molecule has 0 spiro atoms. The zero-order valence-electron chi connectivity index (χ0n) is 20.4. The van der Waals surface area contributed by atoms with Crippen molar-refractivity contribution in [1.82, 2.24) is 0 Å². The van der Waals surface area contributed by atoms with Gasteiger partial charge in [0, 0.05) is 11.4 Å². The van der Waals surface area contributed by atoms with E-state index < -0.39 is 0 Å². The molecule has 36 heavy (non-hydrogen) atoms. The minimum Gasteiger partial charge on any atom is -0.493 e. The largest absolute Gasteiger partial charge is 0.493 e. The van der Waals surface area contributed by atoms with Crippen molar-refractivity contribution >= 4 is 45.1 Å². The van der Waals surface area contributed by atoms with Crippen molar-refractivity contribution in [3.63, 3.8) is 0 Å². The fourth-order valence-corrected chi connectivity index (χ4v) is 4.04. The standard InChI is InChI=1S/C29H27BrClNO4/c1-19(2)22-9-13-26(25(30)17-22)35-14-4-5-29(33)36-27-12-6-20(16-28(27)34-3)15-23(18-32)21-7-10-24(31)11-8-21/h6-13,15-17,19H,4-5,14H2,1-3H3/b23-15+. The molecular formula is C29H27BrClNO4. The van der Waals surface area contributed by atoms with Crippen molar-refractivity contribution in [3.05, 3.63) is 86.8 Å². The first-order valence-electron chi connectivity index (χ1n) is 11.5. The molecule has 7 heteroatoms. The van der Waals surface area contributed by atoms with Crippen LogP contribution in [0.4, 0.5) is 0 Å². The lowest BCUT2D eigenvalue weighted by Gasteiger charge is -2.12. The van der Waals surface area contributed by atoms with Gasteiger partial charge >= 0.3 is 5.97 Å². The minimum atomic E-state index is -0.381. The van der Waals surface area contributed by atoms with E-state index in [1.54, 1.807) is 48.5 Å². The Morgan fingerprint density at radius 1 is 1.06 bits per heavy atom. The van der Waals surface area contributed by atoms with Crippen molar-refractivity contribution in [1.29, 1.82) is 5.26 Å². The Kier molecular flexibility index (Phi) is 9.98. The molecule has 0 aliphatic carbocycles. The van der Waals surface area contributed by atoms with Gasteiger partial charge in [0.2, 0.25) is 0 Å². The van der Waals surface area contributed by atoms with Crippen LogP contribution in [0, 0.1) is 11.3 Å². The van der Waals surface area contributed by atoms with Crippen LogP contribution in [-0.2, 0) is 4.79 Å². The molecule has 0 bridgehead atoms. The number of allylic oxidation sites excluding steroid dienone is 1. The third-order valence-electron chi connectivity index (χ3n) is 5.40. The number of nitrogens with zero attached hydrogens (tertiary/aromatic N) is 1. The lowest BCUT2D eigenvalue weighted by Crippen LogP contribution is -2.10. The fraction of sp³-hybridized carbons (Fsp3) is 0.241. The molecule has 0 N–H and O–H groups in total. The number of esters is 1. The molecule has 3 rings (SSSR count). The normalized spacial score (nSPS) is 11.2. The van der Waals surface area contributed by atoms with E-state index in [1.807, 2.05) is 12.1 Å². The summed E-state index contributed by atoms with van der Waals surface area (Å²) in [5, 5.41) is 10.2. The van der Waals surface area contributed by atoms with Gasteiger partial charge in [0.05, 0.1) is 29.8 Å². The molecule has 0 aromatic heterocycles. The number of rotatable bonds is 10. The number of hydrogen-bond donors (Lipinski definition) is 0. The van der Waals surface area contributed by atoms with Crippen LogP contribution in [0.5, 0.6) is 17.2 Å². The number of carbonyl (C=O) groups excluding carboxylic acids is 1. The predicted molar refractivity (Wildman–Crippen MR) is 147 cm³/mol. The number of hydrogen-bond acceptors (Lipinski definition) is 5. The summed E-state index contributed by atoms with van der Waals surface area (Å²) >= 11 is 9.48. The number of benzene rings is 3. The average Bonchev–Trinajstić information content (AvgIpc) is 2.87. The second-order valence-corrected chi connectivity index (χ2v) is 9.65. The molecule has 0 heterocycles. The van der Waals surface area contributed by atoms with Crippen LogP contribution >= 0.6 is 27.5 Å². The molecule has 0 atom stereocenters. The third-order valence-corrected chi connectivity index (χ3v) is 6.28. The highest BCUT2D eigenvalue weighted by Gasteiger charge is 2.12. The van der Waals surface area contributed by atoms with Gasteiger partial charge in [0.1, 0.15) is 5.75 Å². The summed E-state index contributed by atoms with van der Waals surface area (Å²) in [4.78, 5) is 12.4. The van der Waals surface area contributed by atoms with Crippen molar-refractivity contribution in [2.45, 2.75) is 32.6 Å². The van der Waals surface area contributed by atoms with Crippen molar-refractivity contribution in [3.8, 4) is 23.3 Å². The average molecular weight is 569 g/mol. The van der Waals surface area contributed by atoms with Crippen LogP contribution < -0.4 is 14.2 Å². The van der Waals surface area contributed by atoms with E-state index in [0.29, 0.717) is 41.0 Å². The molecule has 3 aromatic carbocycles. The maximum atomic E-state index is 12.4. The van der Waals surface area contributed by atoms with Crippen molar-refractivity contribution in [2.75, 3.05) is 13.7 Å². The van der Waals surface area contributed by atoms with Gasteiger partial charge in [-0.1, -0.05) is 49.7 Å². The van der Waals surface area contributed by atoms with E-state index in [1.165, 1.54) is 12.7 Å². The maximum absolute atomic E-state index is 12.4. The molecule has 0 radical (unpaired) electrons. The molecule has 0 fully saturated rings. The lowest BCUT2D eigenvalue weighted by atomic mass is 10.0. The quantitative estimate of drug-likeness (QED) is 0.0813. The highest BCUT2D eigenvalue weighted by atomic mass is 79.9. The highest BCUT2D eigenvalue weighted by Crippen LogP contribution is 2.31. The Balaban J connectivity index is 1.57. The van der Waals surface area contributed by atoms with Gasteiger partial charge in [-0.15, -0.1) is 0 Å². The zero-order chi connectivity index (χ0) is 26.1. The summed E-state index contributed by atoms with van der Waals surface area (Å²) in [7, 11) is 1.50. The lowest BCUT2D eigenvalue weighted by molar-refractivity contribution is -0.134. The van der Waals surface area contributed by atoms with Crippen LogP contribution in [0.1, 0.15) is 49.3 Å². The molecule has 3 aromatic rings. The first kappa shape index (κ1) is 27.3. The Morgan fingerprint density at radius 3 is 2.42 bits per heavy atom. The summed E-state index contributed by atoms with van der Waals surface area (Å²) < 4.78 is 17.6. The van der Waals surface area contributed by atoms with E-state index in [0.717, 1.165) is 21.3 Å². The monoisotopic (exact) mass is 567 g/mol. The third kappa shape index (κ3) is 7.61. The van der Waals surface area contributed by atoms with Crippen molar-refractivity contribution < 1.29 is 19.0 Å². The van der Waals surface area contributed by atoms with Crippen LogP contribution in [0.15, 0.2) is 65.1 Å². The van der Waals surface area contributed by atoms with Crippen LogP contribution in [0.3, 0.4) is 0 Å². The Labute approximate surface area is 225 Å². The SMILES string of the molecule is COc1cc(/C=C(\C#N)c2ccc(Cl)cc2)ccc1OC(=O)CCCOc1ccc(C(C)C)cc1Br. The van der Waals surface area contributed by atoms with Crippen LogP contribution in [-0.4, -0.2) is 19.7 Å². The molecule has 0 saturated carbocycles. The summed E-state index contributed by atoms with van der Waals surface area (Å²) in [5.74, 6) is 1.51. The molecule has 0 saturated heterocycles. The van der Waals surface area contributed by atoms with Gasteiger partial charge in [-0.05, 0) is 87.4 Å². The Hall–Kier alpha value is -3.27.